The molecular weight excluding hydrogens is 436 g/mol. The molecule has 11 heteroatoms. The van der Waals surface area contributed by atoms with E-state index in [9.17, 15) is 13.2 Å². The van der Waals surface area contributed by atoms with Crippen LogP contribution in [0.15, 0.2) is 35.2 Å². The molecule has 1 aliphatic heterocycles. The second-order valence-electron chi connectivity index (χ2n) is 6.30. The number of carbonyl (C=O) groups is 1. The summed E-state index contributed by atoms with van der Waals surface area (Å²) in [5.41, 5.74) is 0.290. The van der Waals surface area contributed by atoms with Gasteiger partial charge in [0.1, 0.15) is 24.7 Å². The number of methoxy groups -OCH3 is 2. The van der Waals surface area contributed by atoms with Gasteiger partial charge in [-0.05, 0) is 18.2 Å². The van der Waals surface area contributed by atoms with E-state index in [1.54, 1.807) is 0 Å². The van der Waals surface area contributed by atoms with Gasteiger partial charge in [0.2, 0.25) is 15.9 Å². The van der Waals surface area contributed by atoms with Gasteiger partial charge in [-0.25, -0.2) is 8.42 Å². The summed E-state index contributed by atoms with van der Waals surface area (Å²) in [4.78, 5) is 12.5. The van der Waals surface area contributed by atoms with Gasteiger partial charge in [0, 0.05) is 19.2 Å². The predicted octanol–water partition coefficient (Wildman–Crippen LogP) is 2.39. The second kappa shape index (κ2) is 8.99. The van der Waals surface area contributed by atoms with E-state index in [2.05, 4.69) is 5.32 Å². The monoisotopic (exact) mass is 456 g/mol. The maximum absolute atomic E-state index is 12.9. The van der Waals surface area contributed by atoms with Crippen LogP contribution in [-0.2, 0) is 14.8 Å². The van der Waals surface area contributed by atoms with E-state index < -0.39 is 22.5 Å². The van der Waals surface area contributed by atoms with Crippen molar-refractivity contribution < 1.29 is 32.2 Å². The number of carbonyl (C=O) groups excluding carboxylic acids is 1. The van der Waals surface area contributed by atoms with Crippen LogP contribution in [-0.4, -0.2) is 59.7 Å². The number of ether oxygens (including phenoxy) is 4. The first kappa shape index (κ1) is 22.0. The molecule has 0 saturated heterocycles. The van der Waals surface area contributed by atoms with Crippen LogP contribution in [0.25, 0.3) is 0 Å². The Bertz CT molecular complexity index is 1060. The lowest BCUT2D eigenvalue weighted by molar-refractivity contribution is -0.116. The van der Waals surface area contributed by atoms with Gasteiger partial charge in [-0.15, -0.1) is 0 Å². The number of fused-ring (bicyclic) bond motifs is 1. The topological polar surface area (TPSA) is 103 Å². The highest BCUT2D eigenvalue weighted by atomic mass is 35.5. The molecule has 30 heavy (non-hydrogen) atoms. The van der Waals surface area contributed by atoms with E-state index >= 15 is 0 Å². The van der Waals surface area contributed by atoms with Crippen molar-refractivity contribution in [1.82, 2.24) is 4.31 Å². The summed E-state index contributed by atoms with van der Waals surface area (Å²) < 4.78 is 47.8. The summed E-state index contributed by atoms with van der Waals surface area (Å²) >= 11 is 6.10. The minimum absolute atomic E-state index is 0.00729. The highest BCUT2D eigenvalue weighted by Crippen LogP contribution is 2.36. The van der Waals surface area contributed by atoms with Crippen molar-refractivity contribution in [1.29, 1.82) is 0 Å². The fourth-order valence-corrected chi connectivity index (χ4v) is 4.18. The number of benzene rings is 2. The molecule has 0 radical (unpaired) electrons. The summed E-state index contributed by atoms with van der Waals surface area (Å²) in [5.74, 6) is 0.951. The van der Waals surface area contributed by atoms with Crippen LogP contribution in [0.5, 0.6) is 23.0 Å². The van der Waals surface area contributed by atoms with Crippen molar-refractivity contribution in [2.75, 3.05) is 46.3 Å². The normalized spacial score (nSPS) is 13.1. The number of amides is 1. The Morgan fingerprint density at radius 3 is 2.43 bits per heavy atom. The lowest BCUT2D eigenvalue weighted by Crippen LogP contribution is -2.35. The zero-order chi connectivity index (χ0) is 21.9. The van der Waals surface area contributed by atoms with Crippen LogP contribution in [0.1, 0.15) is 0 Å². The Hall–Kier alpha value is -2.69. The number of nitrogens with one attached hydrogen (secondary N) is 1. The first-order valence-electron chi connectivity index (χ1n) is 8.83. The van der Waals surface area contributed by atoms with Gasteiger partial charge in [0.15, 0.2) is 11.5 Å². The summed E-state index contributed by atoms with van der Waals surface area (Å²) in [6.07, 6.45) is 0. The molecule has 3 rings (SSSR count). The standard InChI is InChI=1S/C19H21ClN2O7S/c1-22(30(24,25)12-4-5-15-18(8-12)29-7-6-28-15)11-19(23)21-14-9-13(20)16(26-2)10-17(14)27-3/h4-5,8-10H,6-7,11H2,1-3H3,(H,21,23). The van der Waals surface area contributed by atoms with Crippen LogP contribution in [0.2, 0.25) is 5.02 Å². The Balaban J connectivity index is 1.74. The fraction of sp³-hybridized carbons (Fsp3) is 0.316. The van der Waals surface area contributed by atoms with Gasteiger partial charge >= 0.3 is 0 Å². The largest absolute Gasteiger partial charge is 0.495 e. The van der Waals surface area contributed by atoms with Crippen molar-refractivity contribution in [2.45, 2.75) is 4.90 Å². The average molecular weight is 457 g/mol. The number of rotatable bonds is 7. The van der Waals surface area contributed by atoms with Gasteiger partial charge in [-0.3, -0.25) is 4.79 Å². The molecule has 0 saturated carbocycles. The first-order chi connectivity index (χ1) is 14.3. The summed E-state index contributed by atoms with van der Waals surface area (Å²) in [6.45, 7) is 0.308. The first-order valence-corrected chi connectivity index (χ1v) is 10.7. The van der Waals surface area contributed by atoms with Crippen molar-refractivity contribution in [2.24, 2.45) is 0 Å². The molecule has 1 N–H and O–H groups in total. The van der Waals surface area contributed by atoms with Crippen LogP contribution >= 0.6 is 11.6 Å². The van der Waals surface area contributed by atoms with Gasteiger partial charge < -0.3 is 24.3 Å². The van der Waals surface area contributed by atoms with Gasteiger partial charge in [0.05, 0.1) is 36.4 Å². The molecule has 0 atom stereocenters. The van der Waals surface area contributed by atoms with E-state index in [0.717, 1.165) is 4.31 Å². The molecular formula is C19H21ClN2O7S. The number of anilines is 1. The molecule has 1 heterocycles. The van der Waals surface area contributed by atoms with Crippen molar-refractivity contribution in [3.05, 3.63) is 35.4 Å². The summed E-state index contributed by atoms with van der Waals surface area (Å²) in [7, 11) is 0.257. The molecule has 0 fully saturated rings. The molecule has 0 aromatic heterocycles. The maximum atomic E-state index is 12.9. The summed E-state index contributed by atoms with van der Waals surface area (Å²) in [5, 5.41) is 2.87. The lowest BCUT2D eigenvalue weighted by Gasteiger charge is -2.21. The molecule has 0 bridgehead atoms. The van der Waals surface area contributed by atoms with E-state index in [0.29, 0.717) is 41.9 Å². The molecule has 2 aromatic carbocycles. The third kappa shape index (κ3) is 4.55. The molecule has 162 valence electrons. The maximum Gasteiger partial charge on any atom is 0.243 e. The molecule has 1 aliphatic rings. The van der Waals surface area contributed by atoms with Crippen LogP contribution in [0.4, 0.5) is 5.69 Å². The smallest absolute Gasteiger partial charge is 0.243 e. The van der Waals surface area contributed by atoms with Crippen molar-refractivity contribution in [3.63, 3.8) is 0 Å². The van der Waals surface area contributed by atoms with Crippen LogP contribution < -0.4 is 24.3 Å². The van der Waals surface area contributed by atoms with Gasteiger partial charge in [-0.1, -0.05) is 11.6 Å². The molecule has 0 unspecified atom stereocenters. The minimum Gasteiger partial charge on any atom is -0.495 e. The minimum atomic E-state index is -3.93. The zero-order valence-electron chi connectivity index (χ0n) is 16.6. The fourth-order valence-electron chi connectivity index (χ4n) is 2.80. The molecule has 9 nitrogen and oxygen atoms in total. The number of nitrogens with zero attached hydrogens (tertiary/aromatic N) is 1. The van der Waals surface area contributed by atoms with E-state index in [4.69, 9.17) is 30.5 Å². The Morgan fingerprint density at radius 2 is 1.77 bits per heavy atom. The van der Waals surface area contributed by atoms with Gasteiger partial charge in [0.25, 0.3) is 0 Å². The third-order valence-corrected chi connectivity index (χ3v) is 6.43. The average Bonchev–Trinajstić information content (AvgIpc) is 2.73. The summed E-state index contributed by atoms with van der Waals surface area (Å²) in [6, 6.07) is 7.30. The third-order valence-electron chi connectivity index (χ3n) is 4.34. The highest BCUT2D eigenvalue weighted by molar-refractivity contribution is 7.89. The second-order valence-corrected chi connectivity index (χ2v) is 8.75. The molecule has 0 spiro atoms. The lowest BCUT2D eigenvalue weighted by atomic mass is 10.2. The molecule has 0 aliphatic carbocycles. The number of hydrogen-bond donors (Lipinski definition) is 1. The predicted molar refractivity (Wildman–Crippen MR) is 110 cm³/mol. The van der Waals surface area contributed by atoms with Crippen molar-refractivity contribution in [3.8, 4) is 23.0 Å². The molecule has 1 amide bonds. The Morgan fingerprint density at radius 1 is 1.10 bits per heavy atom. The molecule has 2 aromatic rings. The van der Waals surface area contributed by atoms with Crippen LogP contribution in [0, 0.1) is 0 Å². The Kier molecular flexibility index (Phi) is 6.59. The van der Waals surface area contributed by atoms with E-state index in [1.165, 1.54) is 51.6 Å². The van der Waals surface area contributed by atoms with E-state index in [1.807, 2.05) is 0 Å². The van der Waals surface area contributed by atoms with Crippen molar-refractivity contribution >= 4 is 33.2 Å². The highest BCUT2D eigenvalue weighted by Gasteiger charge is 2.26. The van der Waals surface area contributed by atoms with Gasteiger partial charge in [-0.2, -0.15) is 4.31 Å². The number of likely N-dealkylation sites (N-methyl/N-ethyl adjacent to an activating group) is 1. The van der Waals surface area contributed by atoms with Crippen LogP contribution in [0.3, 0.4) is 0 Å². The SMILES string of the molecule is COc1cc(OC)c(NC(=O)CN(C)S(=O)(=O)c2ccc3c(c2)OCCO3)cc1Cl. The quantitative estimate of drug-likeness (QED) is 0.682. The number of sulfonamides is 1. The zero-order valence-corrected chi connectivity index (χ0v) is 18.2. The number of halogens is 1. The van der Waals surface area contributed by atoms with E-state index in [-0.39, 0.29) is 9.92 Å². The Labute approximate surface area is 179 Å². The number of hydrogen-bond acceptors (Lipinski definition) is 7.